The Morgan fingerprint density at radius 2 is 1.97 bits per heavy atom. The fraction of sp³-hybridized carbons (Fsp3) is 0.370. The van der Waals surface area contributed by atoms with Crippen LogP contribution >= 0.6 is 0 Å². The third-order valence-electron chi connectivity index (χ3n) is 7.08. The topological polar surface area (TPSA) is 52.6 Å². The van der Waals surface area contributed by atoms with Crippen molar-refractivity contribution in [1.29, 1.82) is 0 Å². The number of carboxylic acid groups (broad SMARTS) is 1. The van der Waals surface area contributed by atoms with Crippen molar-refractivity contribution in [1.82, 2.24) is 5.32 Å². The van der Waals surface area contributed by atoms with E-state index in [0.29, 0.717) is 6.04 Å². The van der Waals surface area contributed by atoms with E-state index in [-0.39, 0.29) is 18.4 Å². The number of rotatable bonds is 6. The number of nitrogens with one attached hydrogen (secondary N) is 1. The van der Waals surface area contributed by atoms with Gasteiger partial charge in [-0.15, -0.1) is 0 Å². The van der Waals surface area contributed by atoms with Crippen molar-refractivity contribution < 1.29 is 9.90 Å². The molecule has 1 aliphatic carbocycles. The van der Waals surface area contributed by atoms with E-state index < -0.39 is 5.97 Å². The maximum absolute atomic E-state index is 11.2. The predicted octanol–water partition coefficient (Wildman–Crippen LogP) is 5.27. The number of hydrogen-bond acceptors (Lipinski definition) is 3. The van der Waals surface area contributed by atoms with Crippen LogP contribution < -0.4 is 10.2 Å². The number of aliphatic carboxylic acids is 1. The van der Waals surface area contributed by atoms with Crippen molar-refractivity contribution in [2.45, 2.75) is 50.6 Å². The van der Waals surface area contributed by atoms with Gasteiger partial charge in [-0.1, -0.05) is 48.5 Å². The molecule has 3 aromatic carbocycles. The number of carboxylic acids is 1. The highest BCUT2D eigenvalue weighted by molar-refractivity contribution is 5.86. The van der Waals surface area contributed by atoms with Crippen molar-refractivity contribution in [2.75, 3.05) is 18.0 Å². The number of carbonyl (C=O) groups is 1. The van der Waals surface area contributed by atoms with Gasteiger partial charge in [0.2, 0.25) is 0 Å². The van der Waals surface area contributed by atoms with E-state index in [9.17, 15) is 9.90 Å². The summed E-state index contributed by atoms with van der Waals surface area (Å²) in [6, 6.07) is 22.6. The fourth-order valence-corrected chi connectivity index (χ4v) is 5.50. The Morgan fingerprint density at radius 1 is 1.13 bits per heavy atom. The van der Waals surface area contributed by atoms with Crippen LogP contribution in [0.5, 0.6) is 0 Å². The summed E-state index contributed by atoms with van der Waals surface area (Å²) in [4.78, 5) is 13.7. The Labute approximate surface area is 183 Å². The van der Waals surface area contributed by atoms with Crippen molar-refractivity contribution in [3.63, 3.8) is 0 Å². The predicted molar refractivity (Wildman–Crippen MR) is 126 cm³/mol. The summed E-state index contributed by atoms with van der Waals surface area (Å²) < 4.78 is 0. The van der Waals surface area contributed by atoms with Crippen molar-refractivity contribution in [2.24, 2.45) is 0 Å². The van der Waals surface area contributed by atoms with Crippen molar-refractivity contribution in [3.05, 3.63) is 77.4 Å². The van der Waals surface area contributed by atoms with Gasteiger partial charge in [-0.25, -0.2) is 0 Å². The first-order valence-electron chi connectivity index (χ1n) is 11.4. The molecule has 0 saturated carbocycles. The minimum atomic E-state index is -0.698. The highest BCUT2D eigenvalue weighted by Crippen LogP contribution is 2.38. The Balaban J connectivity index is 1.28. The maximum atomic E-state index is 11.2. The van der Waals surface area contributed by atoms with Gasteiger partial charge >= 0.3 is 5.97 Å². The van der Waals surface area contributed by atoms with E-state index in [0.717, 1.165) is 32.4 Å². The molecule has 1 aliphatic heterocycles. The van der Waals surface area contributed by atoms with Crippen LogP contribution in [0.25, 0.3) is 10.8 Å². The van der Waals surface area contributed by atoms with Crippen molar-refractivity contribution in [3.8, 4) is 0 Å². The van der Waals surface area contributed by atoms with Crippen molar-refractivity contribution >= 4 is 22.4 Å². The van der Waals surface area contributed by atoms with Gasteiger partial charge in [-0.05, 0) is 71.7 Å². The molecule has 31 heavy (non-hydrogen) atoms. The van der Waals surface area contributed by atoms with E-state index in [1.54, 1.807) is 0 Å². The SMILES string of the molecule is C[C@@H](NC1CCN(c2ccc3c(c2)[C@@H](CC(=O)O)CC3)C1)c1cccc2ccccc12. The average Bonchev–Trinajstić information content (AvgIpc) is 3.40. The lowest BCUT2D eigenvalue weighted by molar-refractivity contribution is -0.137. The third kappa shape index (κ3) is 4.05. The Bertz CT molecular complexity index is 1100. The molecule has 4 nitrogen and oxygen atoms in total. The first-order valence-corrected chi connectivity index (χ1v) is 11.4. The van der Waals surface area contributed by atoms with Gasteiger partial charge in [0.1, 0.15) is 0 Å². The second kappa shape index (κ2) is 8.35. The Kier molecular flexibility index (Phi) is 5.41. The van der Waals surface area contributed by atoms with E-state index in [1.807, 2.05) is 0 Å². The molecule has 3 aromatic rings. The lowest BCUT2D eigenvalue weighted by atomic mass is 9.97. The summed E-state index contributed by atoms with van der Waals surface area (Å²) >= 11 is 0. The van der Waals surface area contributed by atoms with Gasteiger partial charge < -0.3 is 15.3 Å². The molecule has 3 atom stereocenters. The second-order valence-electron chi connectivity index (χ2n) is 9.10. The second-order valence-corrected chi connectivity index (χ2v) is 9.10. The van der Waals surface area contributed by atoms with Crippen LogP contribution in [0.4, 0.5) is 5.69 Å². The summed E-state index contributed by atoms with van der Waals surface area (Å²) in [6.45, 7) is 4.27. The largest absolute Gasteiger partial charge is 0.481 e. The normalized spacial score (nSPS) is 21.4. The zero-order valence-corrected chi connectivity index (χ0v) is 18.1. The number of aryl methyl sites for hydroxylation is 1. The molecular formula is C27H30N2O2. The van der Waals surface area contributed by atoms with E-state index >= 15 is 0 Å². The molecule has 0 amide bonds. The minimum Gasteiger partial charge on any atom is -0.481 e. The van der Waals surface area contributed by atoms with Crippen LogP contribution in [-0.2, 0) is 11.2 Å². The molecule has 1 saturated heterocycles. The van der Waals surface area contributed by atoms with Crippen LogP contribution in [-0.4, -0.2) is 30.2 Å². The van der Waals surface area contributed by atoms with Gasteiger partial charge in [0.05, 0.1) is 6.42 Å². The smallest absolute Gasteiger partial charge is 0.303 e. The summed E-state index contributed by atoms with van der Waals surface area (Å²) in [7, 11) is 0. The molecule has 1 unspecified atom stereocenters. The number of hydrogen-bond donors (Lipinski definition) is 2. The summed E-state index contributed by atoms with van der Waals surface area (Å²) in [5.41, 5.74) is 5.16. The van der Waals surface area contributed by atoms with Gasteiger partial charge in [0.15, 0.2) is 0 Å². The third-order valence-corrected chi connectivity index (χ3v) is 7.08. The summed E-state index contributed by atoms with van der Waals surface area (Å²) in [5.74, 6) is -0.536. The molecule has 2 aliphatic rings. The number of benzene rings is 3. The lowest BCUT2D eigenvalue weighted by Gasteiger charge is -2.23. The number of anilines is 1. The van der Waals surface area contributed by atoms with E-state index in [1.165, 1.54) is 33.2 Å². The maximum Gasteiger partial charge on any atom is 0.303 e. The van der Waals surface area contributed by atoms with Gasteiger partial charge in [0.25, 0.3) is 0 Å². The van der Waals surface area contributed by atoms with Crippen LogP contribution in [0, 0.1) is 0 Å². The lowest BCUT2D eigenvalue weighted by Crippen LogP contribution is -2.34. The molecule has 0 aromatic heterocycles. The molecule has 0 spiro atoms. The molecule has 1 fully saturated rings. The quantitative estimate of drug-likeness (QED) is 0.577. The zero-order chi connectivity index (χ0) is 21.4. The number of fused-ring (bicyclic) bond motifs is 2. The molecule has 4 heteroatoms. The minimum absolute atomic E-state index is 0.162. The number of nitrogens with zero attached hydrogens (tertiary/aromatic N) is 1. The highest BCUT2D eigenvalue weighted by Gasteiger charge is 2.28. The van der Waals surface area contributed by atoms with Crippen LogP contribution in [0.1, 0.15) is 54.8 Å². The summed E-state index contributed by atoms with van der Waals surface area (Å²) in [6.07, 6.45) is 3.31. The Hall–Kier alpha value is -2.85. The molecule has 0 radical (unpaired) electrons. The molecular weight excluding hydrogens is 384 g/mol. The molecule has 0 bridgehead atoms. The van der Waals surface area contributed by atoms with E-state index in [4.69, 9.17) is 0 Å². The standard InChI is InChI=1S/C27H30N2O2/c1-18(24-8-4-6-19-5-2-3-7-25(19)24)28-22-13-14-29(17-22)23-12-11-20-9-10-21(15-27(30)31)26(20)16-23/h2-8,11-12,16,18,21-22,28H,9-10,13-15,17H2,1H3,(H,30,31)/t18-,21-,22?/m1/s1. The van der Waals surface area contributed by atoms with E-state index in [2.05, 4.69) is 77.8 Å². The van der Waals surface area contributed by atoms with Gasteiger partial charge in [-0.3, -0.25) is 4.79 Å². The van der Waals surface area contributed by atoms with Gasteiger partial charge in [0, 0.05) is 30.9 Å². The monoisotopic (exact) mass is 414 g/mol. The first-order chi connectivity index (χ1) is 15.1. The zero-order valence-electron chi connectivity index (χ0n) is 18.1. The van der Waals surface area contributed by atoms with Crippen LogP contribution in [0.3, 0.4) is 0 Å². The molecule has 2 N–H and O–H groups in total. The van der Waals surface area contributed by atoms with Gasteiger partial charge in [-0.2, -0.15) is 0 Å². The Morgan fingerprint density at radius 3 is 2.84 bits per heavy atom. The molecule has 5 rings (SSSR count). The average molecular weight is 415 g/mol. The van der Waals surface area contributed by atoms with Crippen LogP contribution in [0.2, 0.25) is 0 Å². The highest BCUT2D eigenvalue weighted by atomic mass is 16.4. The molecule has 160 valence electrons. The fourth-order valence-electron chi connectivity index (χ4n) is 5.50. The summed E-state index contributed by atoms with van der Waals surface area (Å²) in [5, 5.41) is 15.7. The first kappa shape index (κ1) is 20.1. The molecule has 1 heterocycles. The van der Waals surface area contributed by atoms with Crippen LogP contribution in [0.15, 0.2) is 60.7 Å².